The fourth-order valence-electron chi connectivity index (χ4n) is 1.57. The molecule has 0 spiro atoms. The fourth-order valence-corrected chi connectivity index (χ4v) is 1.74. The van der Waals surface area contributed by atoms with Crippen LogP contribution in [0.25, 0.3) is 0 Å². The lowest BCUT2D eigenvalue weighted by Gasteiger charge is -2.20. The van der Waals surface area contributed by atoms with Crippen LogP contribution in [0.15, 0.2) is 18.2 Å². The third-order valence-electron chi connectivity index (χ3n) is 2.61. The van der Waals surface area contributed by atoms with Crippen molar-refractivity contribution in [2.24, 2.45) is 0 Å². The van der Waals surface area contributed by atoms with Gasteiger partial charge in [-0.25, -0.2) is 0 Å². The third kappa shape index (κ3) is 3.86. The van der Waals surface area contributed by atoms with Crippen molar-refractivity contribution in [2.45, 2.75) is 6.92 Å². The molecule has 5 nitrogen and oxygen atoms in total. The van der Waals surface area contributed by atoms with E-state index in [1.165, 1.54) is 25.2 Å². The molecule has 1 amide bonds. The fraction of sp³-hybridized carbons (Fsp3) is 0.385. The average Bonchev–Trinajstić information content (AvgIpc) is 2.43. The van der Waals surface area contributed by atoms with E-state index in [1.54, 1.807) is 19.1 Å². The van der Waals surface area contributed by atoms with Crippen molar-refractivity contribution in [3.05, 3.63) is 28.8 Å². The number of nitrogens with zero attached hydrogens (tertiary/aromatic N) is 1. The Kier molecular flexibility index (Phi) is 5.63. The van der Waals surface area contributed by atoms with Crippen LogP contribution in [0.2, 0.25) is 5.02 Å². The van der Waals surface area contributed by atoms with E-state index in [-0.39, 0.29) is 12.5 Å². The van der Waals surface area contributed by atoms with Crippen LogP contribution < -0.4 is 4.74 Å². The Labute approximate surface area is 117 Å². The van der Waals surface area contributed by atoms with Crippen LogP contribution in [-0.2, 0) is 9.53 Å². The number of esters is 1. The Morgan fingerprint density at radius 2 is 2.00 bits per heavy atom. The molecule has 0 aromatic heterocycles. The molecule has 1 rings (SSSR count). The predicted molar refractivity (Wildman–Crippen MR) is 71.6 cm³/mol. The molecule has 0 atom stereocenters. The van der Waals surface area contributed by atoms with Gasteiger partial charge >= 0.3 is 5.97 Å². The van der Waals surface area contributed by atoms with Crippen LogP contribution in [-0.4, -0.2) is 44.1 Å². The summed E-state index contributed by atoms with van der Waals surface area (Å²) in [5, 5.41) is 0.429. The molecule has 104 valence electrons. The van der Waals surface area contributed by atoms with Crippen molar-refractivity contribution >= 4 is 23.5 Å². The van der Waals surface area contributed by atoms with E-state index in [0.717, 1.165) is 0 Å². The Morgan fingerprint density at radius 1 is 1.32 bits per heavy atom. The van der Waals surface area contributed by atoms with E-state index >= 15 is 0 Å². The molecular weight excluding hydrogens is 270 g/mol. The van der Waals surface area contributed by atoms with Crippen molar-refractivity contribution in [3.63, 3.8) is 0 Å². The topological polar surface area (TPSA) is 55.8 Å². The quantitative estimate of drug-likeness (QED) is 0.776. The number of ether oxygens (including phenoxy) is 2. The molecule has 0 saturated carbocycles. The molecule has 0 bridgehead atoms. The molecule has 0 radical (unpaired) electrons. The van der Waals surface area contributed by atoms with Gasteiger partial charge in [0.05, 0.1) is 19.8 Å². The Balaban J connectivity index is 3.03. The second kappa shape index (κ2) is 6.99. The number of rotatable bonds is 5. The van der Waals surface area contributed by atoms with Crippen LogP contribution in [0.1, 0.15) is 17.3 Å². The summed E-state index contributed by atoms with van der Waals surface area (Å²) in [6.07, 6.45) is 0. The van der Waals surface area contributed by atoms with Gasteiger partial charge in [0, 0.05) is 11.6 Å². The second-order valence-electron chi connectivity index (χ2n) is 3.74. The number of benzene rings is 1. The molecule has 19 heavy (non-hydrogen) atoms. The smallest absolute Gasteiger partial charge is 0.325 e. The summed E-state index contributed by atoms with van der Waals surface area (Å²) < 4.78 is 9.68. The lowest BCUT2D eigenvalue weighted by molar-refractivity contribution is -0.141. The average molecular weight is 286 g/mol. The van der Waals surface area contributed by atoms with Gasteiger partial charge in [0.2, 0.25) is 0 Å². The van der Waals surface area contributed by atoms with Crippen LogP contribution in [0.3, 0.4) is 0 Å². The monoisotopic (exact) mass is 285 g/mol. The summed E-state index contributed by atoms with van der Waals surface area (Å²) in [5.74, 6) is -0.388. The Bertz CT molecular complexity index is 476. The summed E-state index contributed by atoms with van der Waals surface area (Å²) in [5.41, 5.74) is 0.320. The molecule has 0 aliphatic heterocycles. The van der Waals surface area contributed by atoms with Crippen molar-refractivity contribution < 1.29 is 19.1 Å². The first-order chi connectivity index (χ1) is 9.03. The highest BCUT2D eigenvalue weighted by atomic mass is 35.5. The molecule has 6 heteroatoms. The van der Waals surface area contributed by atoms with Crippen LogP contribution >= 0.6 is 11.6 Å². The van der Waals surface area contributed by atoms with E-state index in [1.807, 2.05) is 0 Å². The zero-order chi connectivity index (χ0) is 14.4. The summed E-state index contributed by atoms with van der Waals surface area (Å²) in [6, 6.07) is 4.76. The number of hydrogen-bond acceptors (Lipinski definition) is 4. The normalized spacial score (nSPS) is 9.89. The molecule has 0 aliphatic rings. The molecule has 0 heterocycles. The summed E-state index contributed by atoms with van der Waals surface area (Å²) in [7, 11) is 2.75. The number of carbonyl (C=O) groups excluding carboxylic acids is 2. The molecule has 1 aromatic carbocycles. The second-order valence-corrected chi connectivity index (χ2v) is 4.18. The van der Waals surface area contributed by atoms with Crippen molar-refractivity contribution in [3.8, 4) is 5.75 Å². The van der Waals surface area contributed by atoms with Gasteiger partial charge in [-0.1, -0.05) is 11.6 Å². The van der Waals surface area contributed by atoms with Gasteiger partial charge in [0.25, 0.3) is 5.91 Å². The predicted octanol–water partition coefficient (Wildman–Crippen LogP) is 1.98. The van der Waals surface area contributed by atoms with E-state index in [0.29, 0.717) is 22.9 Å². The van der Waals surface area contributed by atoms with Crippen molar-refractivity contribution in [1.82, 2.24) is 4.90 Å². The standard InChI is InChI=1S/C13H16ClNO4/c1-4-15(8-12(16)19-3)13(17)10-7-9(14)5-6-11(10)18-2/h5-7H,4,8H2,1-3H3. The van der Waals surface area contributed by atoms with E-state index in [2.05, 4.69) is 4.74 Å². The van der Waals surface area contributed by atoms with Crippen molar-refractivity contribution in [1.29, 1.82) is 0 Å². The van der Waals surface area contributed by atoms with Gasteiger partial charge < -0.3 is 14.4 Å². The highest BCUT2D eigenvalue weighted by molar-refractivity contribution is 6.31. The molecular formula is C13H16ClNO4. The van der Waals surface area contributed by atoms with Gasteiger partial charge in [-0.2, -0.15) is 0 Å². The lowest BCUT2D eigenvalue weighted by Crippen LogP contribution is -2.36. The number of methoxy groups -OCH3 is 2. The number of carbonyl (C=O) groups is 2. The highest BCUT2D eigenvalue weighted by Gasteiger charge is 2.21. The number of amides is 1. The first kappa shape index (κ1) is 15.3. The maximum absolute atomic E-state index is 12.3. The molecule has 1 aromatic rings. The summed E-state index contributed by atoms with van der Waals surface area (Å²) >= 11 is 5.88. The van der Waals surface area contributed by atoms with Gasteiger partial charge in [0.15, 0.2) is 0 Å². The van der Waals surface area contributed by atoms with E-state index < -0.39 is 5.97 Å². The molecule has 0 N–H and O–H groups in total. The zero-order valence-corrected chi connectivity index (χ0v) is 11.9. The maximum Gasteiger partial charge on any atom is 0.325 e. The summed E-state index contributed by atoms with van der Waals surface area (Å²) in [6.45, 7) is 2.04. The number of likely N-dealkylation sites (N-methyl/N-ethyl adjacent to an activating group) is 1. The SMILES string of the molecule is CCN(CC(=O)OC)C(=O)c1cc(Cl)ccc1OC. The first-order valence-electron chi connectivity index (χ1n) is 5.73. The minimum atomic E-state index is -0.476. The van der Waals surface area contributed by atoms with Gasteiger partial charge in [-0.3, -0.25) is 9.59 Å². The minimum absolute atomic E-state index is 0.110. The third-order valence-corrected chi connectivity index (χ3v) is 2.84. The number of halogens is 1. The first-order valence-corrected chi connectivity index (χ1v) is 6.10. The van der Waals surface area contributed by atoms with Crippen LogP contribution in [0, 0.1) is 0 Å². The Morgan fingerprint density at radius 3 is 2.53 bits per heavy atom. The molecule has 0 fully saturated rings. The van der Waals surface area contributed by atoms with Crippen LogP contribution in [0.4, 0.5) is 0 Å². The van der Waals surface area contributed by atoms with E-state index in [9.17, 15) is 9.59 Å². The van der Waals surface area contributed by atoms with Gasteiger partial charge in [-0.15, -0.1) is 0 Å². The zero-order valence-electron chi connectivity index (χ0n) is 11.1. The molecule has 0 saturated heterocycles. The number of hydrogen-bond donors (Lipinski definition) is 0. The lowest BCUT2D eigenvalue weighted by atomic mass is 10.1. The summed E-state index contributed by atoms with van der Waals surface area (Å²) in [4.78, 5) is 25.0. The maximum atomic E-state index is 12.3. The largest absolute Gasteiger partial charge is 0.496 e. The van der Waals surface area contributed by atoms with Crippen LogP contribution in [0.5, 0.6) is 5.75 Å². The Hall–Kier alpha value is -1.75. The minimum Gasteiger partial charge on any atom is -0.496 e. The molecule has 0 aliphatic carbocycles. The molecule has 0 unspecified atom stereocenters. The van der Waals surface area contributed by atoms with E-state index in [4.69, 9.17) is 16.3 Å². The highest BCUT2D eigenvalue weighted by Crippen LogP contribution is 2.24. The van der Waals surface area contributed by atoms with Crippen molar-refractivity contribution in [2.75, 3.05) is 27.3 Å². The van der Waals surface area contributed by atoms with Gasteiger partial charge in [-0.05, 0) is 25.1 Å². The van der Waals surface area contributed by atoms with Gasteiger partial charge in [0.1, 0.15) is 12.3 Å².